The zero-order valence-corrected chi connectivity index (χ0v) is 31.2. The van der Waals surface area contributed by atoms with Crippen molar-refractivity contribution < 1.29 is 24.0 Å². The predicted octanol–water partition coefficient (Wildman–Crippen LogP) is 1.79. The van der Waals surface area contributed by atoms with E-state index in [1.807, 2.05) is 74.5 Å². The summed E-state index contributed by atoms with van der Waals surface area (Å²) in [5, 5.41) is 11.3. The van der Waals surface area contributed by atoms with Crippen molar-refractivity contribution >= 4 is 29.8 Å². The Morgan fingerprint density at radius 1 is 0.769 bits per heavy atom. The number of likely N-dealkylation sites (tertiary alicyclic amines) is 1. The van der Waals surface area contributed by atoms with E-state index in [1.54, 1.807) is 28.7 Å². The summed E-state index contributed by atoms with van der Waals surface area (Å²) in [5.41, 5.74) is 13.3. The van der Waals surface area contributed by atoms with Gasteiger partial charge in [-0.1, -0.05) is 74.5 Å². The monoisotopic (exact) mass is 721 g/mol. The molecular weight excluding hydrogens is 662 g/mol. The summed E-state index contributed by atoms with van der Waals surface area (Å²) in [7, 11) is 1.60. The lowest BCUT2D eigenvalue weighted by atomic mass is 10.0. The molecule has 0 aliphatic carbocycles. The third kappa shape index (κ3) is 13.1. The van der Waals surface area contributed by atoms with E-state index < -0.39 is 36.0 Å². The largest absolute Gasteiger partial charge is 0.343 e. The molecule has 0 bridgehead atoms. The van der Waals surface area contributed by atoms with E-state index in [0.29, 0.717) is 58.4 Å². The lowest BCUT2D eigenvalue weighted by molar-refractivity contribution is -0.138. The number of piperidine rings is 1. The van der Waals surface area contributed by atoms with Gasteiger partial charge in [-0.25, -0.2) is 9.59 Å². The molecule has 0 saturated carbocycles. The molecule has 1 fully saturated rings. The quantitative estimate of drug-likeness (QED) is 0.135. The fraction of sp³-hybridized carbons (Fsp3) is 0.553. The fourth-order valence-electron chi connectivity index (χ4n) is 6.39. The van der Waals surface area contributed by atoms with Crippen LogP contribution in [0.15, 0.2) is 60.7 Å². The number of nitrogens with one attached hydrogen (secondary N) is 4. The van der Waals surface area contributed by atoms with Gasteiger partial charge in [0.05, 0.1) is 0 Å². The normalized spacial score (nSPS) is 14.9. The summed E-state index contributed by atoms with van der Waals surface area (Å²) >= 11 is 0. The fourth-order valence-corrected chi connectivity index (χ4v) is 6.39. The number of hydrogen-bond acceptors (Lipinski definition) is 7. The van der Waals surface area contributed by atoms with Gasteiger partial charge in [-0.2, -0.15) is 0 Å². The Hall–Kier alpha value is -4.69. The number of carbonyl (C=O) groups excluding carboxylic acids is 5. The molecule has 0 radical (unpaired) electrons. The van der Waals surface area contributed by atoms with Crippen molar-refractivity contribution in [2.75, 3.05) is 46.3 Å². The number of carbonyl (C=O) groups is 5. The van der Waals surface area contributed by atoms with Gasteiger partial charge in [-0.15, -0.1) is 0 Å². The van der Waals surface area contributed by atoms with E-state index in [0.717, 1.165) is 11.1 Å². The Kier molecular flexibility index (Phi) is 17.4. The number of nitrogens with zero attached hydrogens (tertiary/aromatic N) is 3. The van der Waals surface area contributed by atoms with Gasteiger partial charge in [0.15, 0.2) is 0 Å². The number of benzene rings is 2. The molecular formula is C38H59N9O5. The molecule has 0 unspecified atom stereocenters. The maximum Gasteiger partial charge on any atom is 0.318 e. The maximum atomic E-state index is 13.9. The van der Waals surface area contributed by atoms with Crippen molar-refractivity contribution in [2.45, 2.75) is 83.6 Å². The molecule has 3 rings (SSSR count). The second-order valence-corrected chi connectivity index (χ2v) is 13.8. The van der Waals surface area contributed by atoms with Crippen LogP contribution in [0.5, 0.6) is 0 Å². The van der Waals surface area contributed by atoms with E-state index >= 15 is 0 Å². The van der Waals surface area contributed by atoms with Gasteiger partial charge in [0.1, 0.15) is 18.1 Å². The molecule has 2 aromatic carbocycles. The van der Waals surface area contributed by atoms with E-state index in [4.69, 9.17) is 11.5 Å². The minimum atomic E-state index is -0.993. The number of hydrogen-bond donors (Lipinski definition) is 6. The first-order valence-electron chi connectivity index (χ1n) is 18.4. The van der Waals surface area contributed by atoms with Gasteiger partial charge in [0.25, 0.3) is 0 Å². The lowest BCUT2D eigenvalue weighted by Gasteiger charge is -2.39. The van der Waals surface area contributed by atoms with Crippen molar-refractivity contribution in [3.05, 3.63) is 71.8 Å². The zero-order valence-electron chi connectivity index (χ0n) is 31.2. The predicted molar refractivity (Wildman–Crippen MR) is 202 cm³/mol. The van der Waals surface area contributed by atoms with Crippen molar-refractivity contribution in [1.82, 2.24) is 36.0 Å². The van der Waals surface area contributed by atoms with Gasteiger partial charge in [-0.05, 0) is 56.2 Å². The smallest absolute Gasteiger partial charge is 0.318 e. The summed E-state index contributed by atoms with van der Waals surface area (Å²) in [6.07, 6.45) is 2.42. The Balaban J connectivity index is 1.69. The third-order valence-electron chi connectivity index (χ3n) is 9.16. The van der Waals surface area contributed by atoms with Crippen LogP contribution < -0.4 is 32.7 Å². The van der Waals surface area contributed by atoms with E-state index in [2.05, 4.69) is 21.3 Å². The average Bonchev–Trinajstić information content (AvgIpc) is 3.14. The van der Waals surface area contributed by atoms with Crippen LogP contribution in [0.3, 0.4) is 0 Å². The molecule has 0 aromatic heterocycles. The second kappa shape index (κ2) is 21.6. The highest BCUT2D eigenvalue weighted by atomic mass is 16.2. The summed E-state index contributed by atoms with van der Waals surface area (Å²) in [6, 6.07) is 15.4. The number of amides is 7. The molecule has 1 aliphatic rings. The molecule has 7 amide bonds. The van der Waals surface area contributed by atoms with E-state index in [-0.39, 0.29) is 43.4 Å². The van der Waals surface area contributed by atoms with Gasteiger partial charge < -0.3 is 47.4 Å². The highest BCUT2D eigenvalue weighted by molar-refractivity contribution is 5.94. The zero-order chi connectivity index (χ0) is 38.0. The van der Waals surface area contributed by atoms with Crippen molar-refractivity contribution in [1.29, 1.82) is 0 Å². The van der Waals surface area contributed by atoms with Crippen LogP contribution in [0, 0.1) is 5.92 Å². The molecule has 8 N–H and O–H groups in total. The molecule has 52 heavy (non-hydrogen) atoms. The average molecular weight is 722 g/mol. The molecule has 1 saturated heterocycles. The van der Waals surface area contributed by atoms with Crippen LogP contribution in [0.4, 0.5) is 9.59 Å². The van der Waals surface area contributed by atoms with Gasteiger partial charge >= 0.3 is 12.1 Å². The number of rotatable bonds is 18. The first-order chi connectivity index (χ1) is 25.0. The minimum absolute atomic E-state index is 0.0175. The van der Waals surface area contributed by atoms with Gasteiger partial charge in [0.2, 0.25) is 17.7 Å². The molecule has 2 aromatic rings. The summed E-state index contributed by atoms with van der Waals surface area (Å²) in [5.74, 6) is -1.19. The van der Waals surface area contributed by atoms with Crippen molar-refractivity contribution in [3.63, 3.8) is 0 Å². The highest BCUT2D eigenvalue weighted by Crippen LogP contribution is 2.18. The summed E-state index contributed by atoms with van der Waals surface area (Å²) in [4.78, 5) is 72.2. The van der Waals surface area contributed by atoms with Gasteiger partial charge in [-0.3, -0.25) is 14.4 Å². The van der Waals surface area contributed by atoms with E-state index in [9.17, 15) is 24.0 Å². The Labute approximate surface area is 308 Å². The Bertz CT molecular complexity index is 1420. The molecule has 1 heterocycles. The molecule has 14 heteroatoms. The summed E-state index contributed by atoms with van der Waals surface area (Å²) < 4.78 is 0. The number of nitrogens with two attached hydrogens (primary N) is 2. The van der Waals surface area contributed by atoms with Gasteiger partial charge in [0, 0.05) is 58.8 Å². The minimum Gasteiger partial charge on any atom is -0.343 e. The molecule has 3 atom stereocenters. The first-order valence-corrected chi connectivity index (χ1v) is 18.4. The van der Waals surface area contributed by atoms with E-state index in [1.165, 1.54) is 0 Å². The van der Waals surface area contributed by atoms with Crippen LogP contribution in [-0.4, -0.2) is 115 Å². The third-order valence-corrected chi connectivity index (χ3v) is 9.16. The van der Waals surface area contributed by atoms with Crippen LogP contribution in [0.2, 0.25) is 0 Å². The van der Waals surface area contributed by atoms with Crippen LogP contribution in [-0.2, 0) is 27.3 Å². The van der Waals surface area contributed by atoms with Crippen LogP contribution in [0.1, 0.15) is 57.6 Å². The number of urea groups is 2. The van der Waals surface area contributed by atoms with Crippen molar-refractivity contribution in [3.8, 4) is 0 Å². The second-order valence-electron chi connectivity index (χ2n) is 13.8. The topological polar surface area (TPSA) is 195 Å². The molecule has 14 nitrogen and oxygen atoms in total. The maximum absolute atomic E-state index is 13.9. The van der Waals surface area contributed by atoms with Crippen LogP contribution in [0.25, 0.3) is 0 Å². The summed E-state index contributed by atoms with van der Waals surface area (Å²) in [6.45, 7) is 8.26. The lowest BCUT2D eigenvalue weighted by Crippen LogP contribution is -2.59. The Morgan fingerprint density at radius 3 is 1.92 bits per heavy atom. The standard InChI is InChI=1S/C38H59N9O5/c1-27(2)24-32(34(48)42-28(3)36(50)45-21-16-31(17-22-45)47(20-11-18-39)37(51)41-4)43-35(49)33(25-29-12-7-5-8-13-29)44-38(52)46(23-19-40)26-30-14-9-6-10-15-30/h5-10,12-15,27-28,31-33H,11,16-26,39-40H2,1-4H3,(H,41,51)(H,42,48)(H,43,49)(H,44,52)/t28-,32-,33-/m1/s1. The Morgan fingerprint density at radius 2 is 1.37 bits per heavy atom. The first kappa shape index (κ1) is 41.7. The SMILES string of the molecule is CNC(=O)N(CCCN)C1CCN(C(=O)[C@@H](C)NC(=O)[C@@H](CC(C)C)NC(=O)[C@@H](Cc2ccccc2)NC(=O)N(CCN)Cc2ccccc2)CC1. The van der Waals surface area contributed by atoms with Crippen molar-refractivity contribution in [2.24, 2.45) is 17.4 Å². The van der Waals surface area contributed by atoms with Crippen LogP contribution >= 0.6 is 0 Å². The molecule has 0 spiro atoms. The molecule has 286 valence electrons. The molecule has 1 aliphatic heterocycles. The highest BCUT2D eigenvalue weighted by Gasteiger charge is 2.33.